The van der Waals surface area contributed by atoms with Crippen LogP contribution in [-0.2, 0) is 4.79 Å². The van der Waals surface area contributed by atoms with Crippen LogP contribution in [0.3, 0.4) is 0 Å². The van der Waals surface area contributed by atoms with Crippen LogP contribution in [0.4, 0.5) is 0 Å². The number of rotatable bonds is 1. The molecule has 2 N–H and O–H groups in total. The number of carboxylic acid groups (broad SMARTS) is 1. The van der Waals surface area contributed by atoms with Crippen molar-refractivity contribution in [2.75, 3.05) is 0 Å². The highest BCUT2D eigenvalue weighted by molar-refractivity contribution is 5.75. The summed E-state index contributed by atoms with van der Waals surface area (Å²) in [6, 6.07) is 0. The summed E-state index contributed by atoms with van der Waals surface area (Å²) >= 11 is 0. The molecule has 0 aromatic carbocycles. The van der Waals surface area contributed by atoms with E-state index in [1.54, 1.807) is 0 Å². The Bertz CT molecular complexity index is 569. The maximum Gasteiger partial charge on any atom is 0.309 e. The van der Waals surface area contributed by atoms with Crippen molar-refractivity contribution in [1.29, 1.82) is 0 Å². The molecule has 0 saturated heterocycles. The first-order valence-electron chi connectivity index (χ1n) is 9.33. The summed E-state index contributed by atoms with van der Waals surface area (Å²) in [5.41, 5.74) is 0.704. The van der Waals surface area contributed by atoms with Gasteiger partial charge in [0.1, 0.15) is 0 Å². The number of hydrogen-bond donors (Lipinski definition) is 2. The minimum absolute atomic E-state index is 0.0119. The average molecular weight is 318 g/mol. The Hall–Kier alpha value is -0.830. The number of aliphatic hydroxyl groups excluding tert-OH is 1. The van der Waals surface area contributed by atoms with E-state index in [1.807, 2.05) is 6.92 Å². The van der Waals surface area contributed by atoms with Crippen LogP contribution < -0.4 is 0 Å². The average Bonchev–Trinajstić information content (AvgIpc) is 2.73. The highest BCUT2D eigenvalue weighted by Gasteiger charge is 2.67. The first kappa shape index (κ1) is 15.7. The zero-order chi connectivity index (χ0) is 16.6. The summed E-state index contributed by atoms with van der Waals surface area (Å²) in [5, 5.41) is 21.0. The molecule has 3 nitrogen and oxygen atoms in total. The number of aliphatic hydroxyl groups is 1. The second-order valence-electron chi connectivity index (χ2n) is 9.49. The molecule has 7 atom stereocenters. The van der Waals surface area contributed by atoms with Crippen LogP contribution in [0, 0.1) is 34.0 Å². The van der Waals surface area contributed by atoms with Gasteiger partial charge in [0, 0.05) is 5.41 Å². The van der Waals surface area contributed by atoms with E-state index in [0.29, 0.717) is 18.3 Å². The number of fused-ring (bicyclic) bond motifs is 3. The standard InChI is InChI=1S/C20H30O3/c1-12-10-20-11-13(12)5-6-14(20)18(2)7-4-8-19(3,17(22)23)15(18)9-16(20)21/h13-16,21H,1,4-11H2,2-3H3,(H,22,23)/t13-,14+,15+,16?,18+,19-,20+/m1/s1. The van der Waals surface area contributed by atoms with Crippen molar-refractivity contribution in [3.05, 3.63) is 12.2 Å². The predicted octanol–water partition coefficient (Wildman–Crippen LogP) is 4.01. The maximum atomic E-state index is 12.1. The third kappa shape index (κ3) is 1.78. The zero-order valence-corrected chi connectivity index (χ0v) is 14.5. The van der Waals surface area contributed by atoms with Gasteiger partial charge in [-0.25, -0.2) is 0 Å². The van der Waals surface area contributed by atoms with Crippen molar-refractivity contribution in [2.45, 2.75) is 71.3 Å². The Morgan fingerprint density at radius 1 is 1.22 bits per heavy atom. The predicted molar refractivity (Wildman–Crippen MR) is 88.8 cm³/mol. The van der Waals surface area contributed by atoms with E-state index < -0.39 is 11.4 Å². The second-order valence-corrected chi connectivity index (χ2v) is 9.49. The van der Waals surface area contributed by atoms with E-state index in [2.05, 4.69) is 13.5 Å². The molecule has 0 aromatic heterocycles. The number of allylic oxidation sites excluding steroid dienone is 1. The molecule has 23 heavy (non-hydrogen) atoms. The van der Waals surface area contributed by atoms with E-state index in [-0.39, 0.29) is 22.9 Å². The summed E-state index contributed by atoms with van der Waals surface area (Å²) in [6.07, 6.45) is 7.57. The Kier molecular flexibility index (Phi) is 3.15. The first-order valence-corrected chi connectivity index (χ1v) is 9.33. The summed E-state index contributed by atoms with van der Waals surface area (Å²) in [5.74, 6) is 0.479. The van der Waals surface area contributed by atoms with Gasteiger partial charge in [-0.1, -0.05) is 25.5 Å². The van der Waals surface area contributed by atoms with E-state index in [4.69, 9.17) is 0 Å². The number of aliphatic carboxylic acids is 1. The fourth-order valence-electron chi connectivity index (χ4n) is 7.51. The highest BCUT2D eigenvalue weighted by atomic mass is 16.4. The lowest BCUT2D eigenvalue weighted by molar-refractivity contribution is -0.208. The second kappa shape index (κ2) is 4.62. The molecule has 1 unspecified atom stereocenters. The topological polar surface area (TPSA) is 57.5 Å². The van der Waals surface area contributed by atoms with E-state index in [1.165, 1.54) is 12.0 Å². The maximum absolute atomic E-state index is 12.1. The van der Waals surface area contributed by atoms with Gasteiger partial charge in [-0.2, -0.15) is 0 Å². The molecule has 0 heterocycles. The van der Waals surface area contributed by atoms with Crippen LogP contribution in [0.5, 0.6) is 0 Å². The Balaban J connectivity index is 1.80. The Morgan fingerprint density at radius 2 is 1.96 bits per heavy atom. The van der Waals surface area contributed by atoms with Crippen molar-refractivity contribution in [3.63, 3.8) is 0 Å². The van der Waals surface area contributed by atoms with Crippen molar-refractivity contribution in [1.82, 2.24) is 0 Å². The molecule has 4 saturated carbocycles. The highest BCUT2D eigenvalue weighted by Crippen LogP contribution is 2.72. The lowest BCUT2D eigenvalue weighted by atomic mass is 9.40. The molecule has 0 aromatic rings. The number of carbonyl (C=O) groups is 1. The van der Waals surface area contributed by atoms with E-state index >= 15 is 0 Å². The molecule has 128 valence electrons. The van der Waals surface area contributed by atoms with Crippen molar-refractivity contribution < 1.29 is 15.0 Å². The molecule has 0 aliphatic heterocycles. The first-order chi connectivity index (χ1) is 10.7. The molecule has 4 rings (SSSR count). The van der Waals surface area contributed by atoms with Crippen LogP contribution in [0.15, 0.2) is 12.2 Å². The van der Waals surface area contributed by atoms with Gasteiger partial charge in [-0.15, -0.1) is 0 Å². The lowest BCUT2D eigenvalue weighted by Gasteiger charge is -2.64. The number of carboxylic acids is 1. The van der Waals surface area contributed by atoms with Gasteiger partial charge in [0.2, 0.25) is 0 Å². The molecule has 2 bridgehead atoms. The molecular formula is C20H30O3. The van der Waals surface area contributed by atoms with Gasteiger partial charge < -0.3 is 10.2 Å². The summed E-state index contributed by atoms with van der Waals surface area (Å²) in [4.78, 5) is 12.1. The van der Waals surface area contributed by atoms with Crippen molar-refractivity contribution in [3.8, 4) is 0 Å². The summed E-state index contributed by atoms with van der Waals surface area (Å²) < 4.78 is 0. The molecule has 3 heteroatoms. The SMILES string of the molecule is C=C1C[C@]23C[C@H]1CC[C@H]2[C@]1(C)CCC[C@@](C)(C(=O)O)[C@H]1CC3O. The van der Waals surface area contributed by atoms with E-state index in [0.717, 1.165) is 38.5 Å². The van der Waals surface area contributed by atoms with Crippen molar-refractivity contribution in [2.24, 2.45) is 34.0 Å². The largest absolute Gasteiger partial charge is 0.481 e. The van der Waals surface area contributed by atoms with Crippen molar-refractivity contribution >= 4 is 5.97 Å². The minimum Gasteiger partial charge on any atom is -0.481 e. The lowest BCUT2D eigenvalue weighted by Crippen LogP contribution is -2.62. The molecule has 4 aliphatic carbocycles. The Morgan fingerprint density at radius 3 is 2.65 bits per heavy atom. The number of hydrogen-bond acceptors (Lipinski definition) is 2. The normalized spacial score (nSPS) is 55.2. The van der Waals surface area contributed by atoms with Gasteiger partial charge in [-0.05, 0) is 75.0 Å². The molecule has 0 amide bonds. The zero-order valence-electron chi connectivity index (χ0n) is 14.5. The van der Waals surface area contributed by atoms with Crippen LogP contribution >= 0.6 is 0 Å². The molecule has 4 aliphatic rings. The van der Waals surface area contributed by atoms with E-state index in [9.17, 15) is 15.0 Å². The third-order valence-electron chi connectivity index (χ3n) is 8.64. The van der Waals surface area contributed by atoms with Gasteiger partial charge in [0.15, 0.2) is 0 Å². The fourth-order valence-corrected chi connectivity index (χ4v) is 7.51. The van der Waals surface area contributed by atoms with Gasteiger partial charge in [-0.3, -0.25) is 4.79 Å². The quantitative estimate of drug-likeness (QED) is 0.718. The summed E-state index contributed by atoms with van der Waals surface area (Å²) in [6.45, 7) is 8.57. The van der Waals surface area contributed by atoms with Crippen LogP contribution in [-0.4, -0.2) is 22.3 Å². The van der Waals surface area contributed by atoms with Gasteiger partial charge >= 0.3 is 5.97 Å². The fraction of sp³-hybridized carbons (Fsp3) is 0.850. The molecule has 4 fully saturated rings. The molecule has 1 spiro atoms. The van der Waals surface area contributed by atoms with Crippen LogP contribution in [0.2, 0.25) is 0 Å². The minimum atomic E-state index is -0.679. The molecular weight excluding hydrogens is 288 g/mol. The third-order valence-corrected chi connectivity index (χ3v) is 8.64. The molecule has 0 radical (unpaired) electrons. The smallest absolute Gasteiger partial charge is 0.309 e. The van der Waals surface area contributed by atoms with Gasteiger partial charge in [0.25, 0.3) is 0 Å². The monoisotopic (exact) mass is 318 g/mol. The van der Waals surface area contributed by atoms with Crippen LogP contribution in [0.1, 0.15) is 65.2 Å². The van der Waals surface area contributed by atoms with Crippen LogP contribution in [0.25, 0.3) is 0 Å². The Labute approximate surface area is 139 Å². The van der Waals surface area contributed by atoms with Gasteiger partial charge in [0.05, 0.1) is 11.5 Å². The summed E-state index contributed by atoms with van der Waals surface area (Å²) in [7, 11) is 0.